The largest absolute Gasteiger partial charge is 0.378 e. The topological polar surface area (TPSA) is 37.3 Å². The highest BCUT2D eigenvalue weighted by atomic mass is 16.3. The molecule has 25 heavy (non-hydrogen) atoms. The number of aliphatic hydroxyl groups is 1. The molecule has 0 aliphatic heterocycles. The Balaban J connectivity index is 1.60. The van der Waals surface area contributed by atoms with Crippen LogP contribution >= 0.6 is 0 Å². The fourth-order valence-electron chi connectivity index (χ4n) is 8.04. The molecule has 1 N–H and O–H groups in total. The Hall–Kier alpha value is -0.810. The third-order valence-electron chi connectivity index (χ3n) is 9.49. The second-order valence-electron chi connectivity index (χ2n) is 10.3. The van der Waals surface area contributed by atoms with Crippen LogP contribution in [0.5, 0.6) is 0 Å². The molecule has 0 saturated heterocycles. The number of terminal acetylenes is 1. The minimum atomic E-state index is -0.868. The Kier molecular flexibility index (Phi) is 3.94. The van der Waals surface area contributed by atoms with Crippen LogP contribution in [-0.4, -0.2) is 16.5 Å². The summed E-state index contributed by atoms with van der Waals surface area (Å²) in [6.45, 7) is 6.72. The molecule has 2 nitrogen and oxygen atoms in total. The summed E-state index contributed by atoms with van der Waals surface area (Å²) in [7, 11) is 0. The number of Topliss-reactive ketones (excluding diaryl/α,β-unsaturated/α-hetero) is 1. The summed E-state index contributed by atoms with van der Waals surface area (Å²) in [5.41, 5.74) is -0.292. The third-order valence-corrected chi connectivity index (χ3v) is 9.49. The summed E-state index contributed by atoms with van der Waals surface area (Å²) in [6.07, 6.45) is 15.6. The van der Waals surface area contributed by atoms with Crippen molar-refractivity contribution in [2.75, 3.05) is 0 Å². The first kappa shape index (κ1) is 17.6. The highest BCUT2D eigenvalue weighted by Gasteiger charge is 2.61. The van der Waals surface area contributed by atoms with E-state index in [0.717, 1.165) is 43.4 Å². The molecule has 0 aromatic carbocycles. The minimum Gasteiger partial charge on any atom is -0.378 e. The van der Waals surface area contributed by atoms with Crippen molar-refractivity contribution >= 4 is 5.78 Å². The van der Waals surface area contributed by atoms with Gasteiger partial charge in [-0.2, -0.15) is 0 Å². The first-order valence-corrected chi connectivity index (χ1v) is 10.4. The molecule has 4 fully saturated rings. The van der Waals surface area contributed by atoms with Gasteiger partial charge in [-0.1, -0.05) is 19.8 Å². The van der Waals surface area contributed by atoms with Gasteiger partial charge >= 0.3 is 0 Å². The maximum atomic E-state index is 12.2. The van der Waals surface area contributed by atoms with Gasteiger partial charge < -0.3 is 5.11 Å². The van der Waals surface area contributed by atoms with Crippen molar-refractivity contribution in [3.05, 3.63) is 0 Å². The van der Waals surface area contributed by atoms with Crippen LogP contribution in [0.4, 0.5) is 0 Å². The van der Waals surface area contributed by atoms with E-state index in [2.05, 4.69) is 19.8 Å². The van der Waals surface area contributed by atoms with E-state index in [1.165, 1.54) is 32.1 Å². The number of ketones is 1. The van der Waals surface area contributed by atoms with Crippen LogP contribution in [0, 0.1) is 52.8 Å². The van der Waals surface area contributed by atoms with Gasteiger partial charge in [0, 0.05) is 5.92 Å². The van der Waals surface area contributed by atoms with Crippen molar-refractivity contribution in [3.8, 4) is 12.3 Å². The van der Waals surface area contributed by atoms with E-state index in [-0.39, 0.29) is 5.41 Å². The molecule has 4 saturated carbocycles. The van der Waals surface area contributed by atoms with Crippen molar-refractivity contribution in [2.24, 2.45) is 40.4 Å². The zero-order valence-electron chi connectivity index (χ0n) is 16.2. The average molecular weight is 343 g/mol. The molecule has 0 aromatic rings. The molecule has 4 aliphatic rings. The van der Waals surface area contributed by atoms with Gasteiger partial charge in [-0.05, 0) is 99.2 Å². The zero-order chi connectivity index (χ0) is 18.0. The summed E-state index contributed by atoms with van der Waals surface area (Å²) < 4.78 is 0. The van der Waals surface area contributed by atoms with Gasteiger partial charge in [0.15, 0.2) is 0 Å². The Morgan fingerprint density at radius 1 is 1.00 bits per heavy atom. The molecule has 8 atom stereocenters. The summed E-state index contributed by atoms with van der Waals surface area (Å²) >= 11 is 0. The monoisotopic (exact) mass is 342 g/mol. The van der Waals surface area contributed by atoms with Gasteiger partial charge in [0.1, 0.15) is 11.4 Å². The summed E-state index contributed by atoms with van der Waals surface area (Å²) in [4.78, 5) is 12.2. The second kappa shape index (κ2) is 5.59. The first-order chi connectivity index (χ1) is 11.7. The van der Waals surface area contributed by atoms with Crippen molar-refractivity contribution in [2.45, 2.75) is 84.2 Å². The number of carbonyl (C=O) groups excluding carboxylic acids is 1. The number of rotatable bonds is 1. The zero-order valence-corrected chi connectivity index (χ0v) is 16.2. The van der Waals surface area contributed by atoms with E-state index in [4.69, 9.17) is 6.42 Å². The van der Waals surface area contributed by atoms with Crippen LogP contribution in [0.25, 0.3) is 0 Å². The maximum Gasteiger partial charge on any atom is 0.133 e. The smallest absolute Gasteiger partial charge is 0.133 e. The predicted molar refractivity (Wildman–Crippen MR) is 99.7 cm³/mol. The average Bonchev–Trinajstić information content (AvgIpc) is 2.93. The van der Waals surface area contributed by atoms with Crippen molar-refractivity contribution < 1.29 is 9.90 Å². The lowest BCUT2D eigenvalue weighted by atomic mass is 9.44. The fourth-order valence-corrected chi connectivity index (χ4v) is 8.04. The lowest BCUT2D eigenvalue weighted by Gasteiger charge is -2.61. The van der Waals surface area contributed by atoms with Crippen LogP contribution < -0.4 is 0 Å². The molecular formula is C23H34O2. The molecular weight excluding hydrogens is 308 g/mol. The van der Waals surface area contributed by atoms with Crippen molar-refractivity contribution in [1.82, 2.24) is 0 Å². The second-order valence-corrected chi connectivity index (χ2v) is 10.3. The number of carbonyl (C=O) groups is 1. The molecule has 0 unspecified atom stereocenters. The van der Waals surface area contributed by atoms with Crippen LogP contribution in [-0.2, 0) is 4.79 Å². The van der Waals surface area contributed by atoms with Gasteiger partial charge in [0.25, 0.3) is 0 Å². The quantitative estimate of drug-likeness (QED) is 0.707. The van der Waals surface area contributed by atoms with Crippen LogP contribution in [0.15, 0.2) is 0 Å². The first-order valence-electron chi connectivity index (χ1n) is 10.4. The van der Waals surface area contributed by atoms with E-state index in [1.807, 2.05) is 6.92 Å². The molecule has 2 heteroatoms. The summed E-state index contributed by atoms with van der Waals surface area (Å²) in [5.74, 6) is 6.23. The molecule has 0 heterocycles. The Labute approximate surface area is 153 Å². The van der Waals surface area contributed by atoms with Gasteiger partial charge in [-0.3, -0.25) is 4.79 Å². The van der Waals surface area contributed by atoms with Crippen LogP contribution in [0.2, 0.25) is 0 Å². The molecule has 4 aliphatic carbocycles. The van der Waals surface area contributed by atoms with E-state index >= 15 is 0 Å². The van der Waals surface area contributed by atoms with E-state index < -0.39 is 5.60 Å². The molecule has 0 radical (unpaired) electrons. The van der Waals surface area contributed by atoms with Crippen LogP contribution in [0.3, 0.4) is 0 Å². The van der Waals surface area contributed by atoms with E-state index in [9.17, 15) is 9.90 Å². The Bertz CT molecular complexity index is 618. The van der Waals surface area contributed by atoms with Crippen LogP contribution in [0.1, 0.15) is 78.6 Å². The number of hydrogen-bond donors (Lipinski definition) is 1. The molecule has 4 rings (SSSR count). The standard InChI is InChI=1S/C23H34O2/c1-5-23(25)13-12-21(3)16(14-23)6-7-17-19-9-8-18(15(2)24)22(19,4)11-10-20(17)21/h1,16-20,25H,6-14H2,2-4H3/t16-,17+,18-,19+,20+,21+,22-,23-/m1/s1. The Morgan fingerprint density at radius 3 is 2.40 bits per heavy atom. The van der Waals surface area contributed by atoms with Gasteiger partial charge in [0.05, 0.1) is 0 Å². The minimum absolute atomic E-state index is 0.240. The molecule has 0 aromatic heterocycles. The predicted octanol–water partition coefficient (Wildman–Crippen LogP) is 4.60. The van der Waals surface area contributed by atoms with Gasteiger partial charge in [-0.25, -0.2) is 0 Å². The van der Waals surface area contributed by atoms with E-state index in [0.29, 0.717) is 23.0 Å². The number of fused-ring (bicyclic) bond motifs is 5. The lowest BCUT2D eigenvalue weighted by molar-refractivity contribution is -0.144. The molecule has 138 valence electrons. The van der Waals surface area contributed by atoms with Crippen molar-refractivity contribution in [3.63, 3.8) is 0 Å². The molecule has 0 bridgehead atoms. The molecule has 0 spiro atoms. The third kappa shape index (κ3) is 2.38. The maximum absolute atomic E-state index is 12.2. The van der Waals surface area contributed by atoms with Gasteiger partial charge in [-0.15, -0.1) is 6.42 Å². The van der Waals surface area contributed by atoms with Gasteiger partial charge in [0.2, 0.25) is 0 Å². The highest BCUT2D eigenvalue weighted by Crippen LogP contribution is 2.68. The Morgan fingerprint density at radius 2 is 1.72 bits per heavy atom. The lowest BCUT2D eigenvalue weighted by Crippen LogP contribution is -2.55. The fraction of sp³-hybridized carbons (Fsp3) is 0.870. The SMILES string of the molecule is C#C[C@@]1(O)CC[C@@]2(C)[C@H](CC[C@@H]3[C@@H]2CC[C@]2(C)[C@@H](C(C)=O)CC[C@@H]32)C1. The number of hydrogen-bond acceptors (Lipinski definition) is 2. The summed E-state index contributed by atoms with van der Waals surface area (Å²) in [6, 6.07) is 0. The molecule has 0 amide bonds. The summed E-state index contributed by atoms with van der Waals surface area (Å²) in [5, 5.41) is 10.6. The van der Waals surface area contributed by atoms with E-state index in [1.54, 1.807) is 0 Å². The van der Waals surface area contributed by atoms with Crippen molar-refractivity contribution in [1.29, 1.82) is 0 Å². The highest BCUT2D eigenvalue weighted by molar-refractivity contribution is 5.79. The normalized spacial score (nSPS) is 54.8.